The standard InChI is InChI=1S/C26H25N3O5/c1-29(22-15-25(31)34-23-6-4-3-5-19(22)23)17-9-12-24(33-2)21(14-17)28-26(32)20(27)13-16-7-10-18(30)11-8-16/h3-12,14-15,20,30H,13,27H2,1-2H3,(H,28,32)/t20-/m1/s1. The Labute approximate surface area is 196 Å². The lowest BCUT2D eigenvalue weighted by Gasteiger charge is -2.22. The Balaban J connectivity index is 1.60. The Kier molecular flexibility index (Phi) is 6.51. The number of rotatable bonds is 7. The van der Waals surface area contributed by atoms with Crippen LogP contribution in [-0.4, -0.2) is 31.2 Å². The summed E-state index contributed by atoms with van der Waals surface area (Å²) in [6.07, 6.45) is 0.305. The van der Waals surface area contributed by atoms with Crippen LogP contribution in [0.3, 0.4) is 0 Å². The van der Waals surface area contributed by atoms with E-state index < -0.39 is 11.7 Å². The van der Waals surface area contributed by atoms with Crippen molar-refractivity contribution in [3.05, 3.63) is 88.8 Å². The summed E-state index contributed by atoms with van der Waals surface area (Å²) in [6, 6.07) is 19.8. The number of phenolic OH excluding ortho intramolecular Hbond substituents is 1. The number of hydrogen-bond acceptors (Lipinski definition) is 7. The molecule has 0 radical (unpaired) electrons. The van der Waals surface area contributed by atoms with E-state index >= 15 is 0 Å². The lowest BCUT2D eigenvalue weighted by atomic mass is 10.1. The number of methoxy groups -OCH3 is 1. The molecule has 0 saturated heterocycles. The van der Waals surface area contributed by atoms with Crippen molar-refractivity contribution < 1.29 is 19.1 Å². The number of anilines is 3. The molecule has 0 aliphatic carbocycles. The molecule has 0 saturated carbocycles. The fraction of sp³-hybridized carbons (Fsp3) is 0.154. The Hall–Kier alpha value is -4.30. The molecule has 0 fully saturated rings. The maximum absolute atomic E-state index is 12.8. The van der Waals surface area contributed by atoms with Gasteiger partial charge in [-0.15, -0.1) is 0 Å². The summed E-state index contributed by atoms with van der Waals surface area (Å²) in [4.78, 5) is 26.8. The van der Waals surface area contributed by atoms with E-state index in [9.17, 15) is 14.7 Å². The zero-order valence-corrected chi connectivity index (χ0v) is 18.8. The van der Waals surface area contributed by atoms with Gasteiger partial charge in [0.25, 0.3) is 0 Å². The Morgan fingerprint density at radius 3 is 2.59 bits per heavy atom. The summed E-state index contributed by atoms with van der Waals surface area (Å²) in [5.74, 6) is 0.244. The highest BCUT2D eigenvalue weighted by atomic mass is 16.5. The second kappa shape index (κ2) is 9.68. The number of nitrogens with one attached hydrogen (secondary N) is 1. The number of para-hydroxylation sites is 1. The van der Waals surface area contributed by atoms with Crippen molar-refractivity contribution in [2.75, 3.05) is 24.4 Å². The van der Waals surface area contributed by atoms with Crippen LogP contribution in [0, 0.1) is 0 Å². The third-order valence-corrected chi connectivity index (χ3v) is 5.55. The maximum Gasteiger partial charge on any atom is 0.338 e. The average molecular weight is 460 g/mol. The monoisotopic (exact) mass is 459 g/mol. The van der Waals surface area contributed by atoms with Gasteiger partial charge in [0.1, 0.15) is 17.1 Å². The number of carbonyl (C=O) groups excluding carboxylic acids is 1. The van der Waals surface area contributed by atoms with Crippen LogP contribution in [0.15, 0.2) is 82.0 Å². The number of amides is 1. The van der Waals surface area contributed by atoms with Crippen molar-refractivity contribution in [1.29, 1.82) is 0 Å². The van der Waals surface area contributed by atoms with Gasteiger partial charge < -0.3 is 30.2 Å². The van der Waals surface area contributed by atoms with Crippen LogP contribution in [0.2, 0.25) is 0 Å². The van der Waals surface area contributed by atoms with Crippen LogP contribution >= 0.6 is 0 Å². The predicted octanol–water partition coefficient (Wildman–Crippen LogP) is 3.78. The van der Waals surface area contributed by atoms with Crippen LogP contribution < -0.4 is 26.3 Å². The van der Waals surface area contributed by atoms with Crippen LogP contribution in [0.25, 0.3) is 11.0 Å². The summed E-state index contributed by atoms with van der Waals surface area (Å²) >= 11 is 0. The minimum atomic E-state index is -0.807. The molecule has 4 N–H and O–H groups in total. The largest absolute Gasteiger partial charge is 0.508 e. The fourth-order valence-corrected chi connectivity index (χ4v) is 3.72. The van der Waals surface area contributed by atoms with Gasteiger partial charge in [0, 0.05) is 24.2 Å². The van der Waals surface area contributed by atoms with Gasteiger partial charge in [-0.25, -0.2) is 4.79 Å². The third-order valence-electron chi connectivity index (χ3n) is 5.55. The number of nitrogens with two attached hydrogens (primary N) is 1. The first-order chi connectivity index (χ1) is 16.4. The number of carbonyl (C=O) groups is 1. The van der Waals surface area contributed by atoms with Crippen LogP contribution in [0.5, 0.6) is 11.5 Å². The van der Waals surface area contributed by atoms with Gasteiger partial charge in [-0.3, -0.25) is 4.79 Å². The van der Waals surface area contributed by atoms with Crippen molar-refractivity contribution in [1.82, 2.24) is 0 Å². The molecule has 8 nitrogen and oxygen atoms in total. The van der Waals surface area contributed by atoms with E-state index in [-0.39, 0.29) is 11.7 Å². The smallest absolute Gasteiger partial charge is 0.338 e. The number of nitrogens with zero attached hydrogens (tertiary/aromatic N) is 1. The minimum absolute atomic E-state index is 0.149. The third kappa shape index (κ3) is 4.87. The SMILES string of the molecule is COc1ccc(N(C)c2cc(=O)oc3ccccc23)cc1NC(=O)[C@H](N)Cc1ccc(O)cc1. The quantitative estimate of drug-likeness (QED) is 0.360. The molecule has 3 aromatic carbocycles. The molecule has 0 bridgehead atoms. The molecule has 8 heteroatoms. The molecule has 0 aliphatic rings. The molecular formula is C26H25N3O5. The summed E-state index contributed by atoms with van der Waals surface area (Å²) < 4.78 is 10.7. The normalized spacial score (nSPS) is 11.7. The molecule has 1 heterocycles. The summed E-state index contributed by atoms with van der Waals surface area (Å²) in [5, 5.41) is 13.1. The molecule has 0 spiro atoms. The summed E-state index contributed by atoms with van der Waals surface area (Å²) in [6.45, 7) is 0. The summed E-state index contributed by atoms with van der Waals surface area (Å²) in [5.41, 5.74) is 8.82. The molecule has 4 aromatic rings. The van der Waals surface area contributed by atoms with E-state index in [0.717, 1.165) is 16.6 Å². The molecule has 1 atom stereocenters. The maximum atomic E-state index is 12.8. The summed E-state index contributed by atoms with van der Waals surface area (Å²) in [7, 11) is 3.34. The second-order valence-electron chi connectivity index (χ2n) is 7.86. The number of hydrogen-bond donors (Lipinski definition) is 3. The van der Waals surface area contributed by atoms with E-state index in [2.05, 4.69) is 5.32 Å². The van der Waals surface area contributed by atoms with Crippen molar-refractivity contribution >= 4 is 33.9 Å². The lowest BCUT2D eigenvalue weighted by Crippen LogP contribution is -2.37. The molecule has 1 amide bonds. The van der Waals surface area contributed by atoms with E-state index in [0.29, 0.717) is 29.1 Å². The lowest BCUT2D eigenvalue weighted by molar-refractivity contribution is -0.117. The van der Waals surface area contributed by atoms with Crippen molar-refractivity contribution in [3.8, 4) is 11.5 Å². The topological polar surface area (TPSA) is 118 Å². The molecular weight excluding hydrogens is 434 g/mol. The van der Waals surface area contributed by atoms with Crippen LogP contribution in [0.1, 0.15) is 5.56 Å². The Bertz CT molecular complexity index is 1380. The number of benzene rings is 3. The first-order valence-corrected chi connectivity index (χ1v) is 10.6. The number of ether oxygens (including phenoxy) is 1. The van der Waals surface area contributed by atoms with E-state index in [4.69, 9.17) is 14.9 Å². The minimum Gasteiger partial charge on any atom is -0.508 e. The first-order valence-electron chi connectivity index (χ1n) is 10.6. The first kappa shape index (κ1) is 22.9. The number of fused-ring (bicyclic) bond motifs is 1. The van der Waals surface area contributed by atoms with Gasteiger partial charge in [0.2, 0.25) is 5.91 Å². The fourth-order valence-electron chi connectivity index (χ4n) is 3.72. The number of aromatic hydroxyl groups is 1. The van der Waals surface area contributed by atoms with Gasteiger partial charge >= 0.3 is 5.63 Å². The highest BCUT2D eigenvalue weighted by Gasteiger charge is 2.18. The molecule has 34 heavy (non-hydrogen) atoms. The van der Waals surface area contributed by atoms with Crippen molar-refractivity contribution in [2.24, 2.45) is 5.73 Å². The number of phenols is 1. The van der Waals surface area contributed by atoms with Crippen LogP contribution in [-0.2, 0) is 11.2 Å². The zero-order chi connectivity index (χ0) is 24.2. The molecule has 0 aliphatic heterocycles. The van der Waals surface area contributed by atoms with Gasteiger partial charge in [0.05, 0.1) is 24.5 Å². The highest BCUT2D eigenvalue weighted by molar-refractivity contribution is 5.97. The zero-order valence-electron chi connectivity index (χ0n) is 18.8. The van der Waals surface area contributed by atoms with Gasteiger partial charge in [0.15, 0.2) is 0 Å². The van der Waals surface area contributed by atoms with Gasteiger partial charge in [-0.05, 0) is 54.4 Å². The van der Waals surface area contributed by atoms with Crippen LogP contribution in [0.4, 0.5) is 17.1 Å². The van der Waals surface area contributed by atoms with Crippen molar-refractivity contribution in [2.45, 2.75) is 12.5 Å². The molecule has 1 aromatic heterocycles. The second-order valence-corrected chi connectivity index (χ2v) is 7.86. The van der Waals surface area contributed by atoms with E-state index in [1.807, 2.05) is 30.1 Å². The van der Waals surface area contributed by atoms with Gasteiger partial charge in [-0.2, -0.15) is 0 Å². The van der Waals surface area contributed by atoms with Gasteiger partial charge in [-0.1, -0.05) is 24.3 Å². The Morgan fingerprint density at radius 1 is 1.12 bits per heavy atom. The van der Waals surface area contributed by atoms with E-state index in [1.54, 1.807) is 48.5 Å². The molecule has 174 valence electrons. The molecule has 4 rings (SSSR count). The van der Waals surface area contributed by atoms with E-state index in [1.165, 1.54) is 13.2 Å². The van der Waals surface area contributed by atoms with Crippen molar-refractivity contribution in [3.63, 3.8) is 0 Å². The predicted molar refractivity (Wildman–Crippen MR) is 132 cm³/mol. The molecule has 0 unspecified atom stereocenters. The highest BCUT2D eigenvalue weighted by Crippen LogP contribution is 2.34. The Morgan fingerprint density at radius 2 is 1.85 bits per heavy atom. The average Bonchev–Trinajstić information content (AvgIpc) is 2.84.